The molecule has 1 amide bonds. The van der Waals surface area contributed by atoms with Crippen LogP contribution in [0.2, 0.25) is 0 Å². The fourth-order valence-corrected chi connectivity index (χ4v) is 5.41. The molecule has 1 aliphatic rings. The molecule has 6 heteroatoms. The van der Waals surface area contributed by atoms with Crippen molar-refractivity contribution in [3.05, 3.63) is 124 Å². The average molecular weight is 495 g/mol. The summed E-state index contributed by atoms with van der Waals surface area (Å²) in [6, 6.07) is 30.5. The second-order valence-corrected chi connectivity index (χ2v) is 9.76. The van der Waals surface area contributed by atoms with Crippen LogP contribution in [0.15, 0.2) is 95.8 Å². The molecule has 0 aliphatic carbocycles. The van der Waals surface area contributed by atoms with E-state index in [-0.39, 0.29) is 23.4 Å². The molecule has 0 radical (unpaired) electrons. The Labute approximate surface area is 218 Å². The van der Waals surface area contributed by atoms with Crippen molar-refractivity contribution in [2.75, 3.05) is 13.1 Å². The molecule has 4 aromatic rings. The predicted octanol–water partition coefficient (Wildman–Crippen LogP) is 5.04. The maximum Gasteiger partial charge on any atom is 0.346 e. The van der Waals surface area contributed by atoms with Gasteiger partial charge in [0.15, 0.2) is 0 Å². The van der Waals surface area contributed by atoms with E-state index in [1.807, 2.05) is 78.6 Å². The number of amides is 1. The Morgan fingerprint density at radius 1 is 0.865 bits per heavy atom. The lowest BCUT2D eigenvalue weighted by molar-refractivity contribution is -0.132. The normalized spacial score (nSPS) is 14.3. The quantitative estimate of drug-likeness (QED) is 0.345. The van der Waals surface area contributed by atoms with Crippen molar-refractivity contribution in [3.8, 4) is 0 Å². The summed E-state index contributed by atoms with van der Waals surface area (Å²) in [6.45, 7) is 4.42. The number of benzene rings is 3. The lowest BCUT2D eigenvalue weighted by Crippen LogP contribution is -2.39. The molecule has 5 rings (SSSR count). The van der Waals surface area contributed by atoms with Gasteiger partial charge in [0.1, 0.15) is 5.82 Å². The van der Waals surface area contributed by atoms with E-state index in [9.17, 15) is 9.59 Å². The number of likely N-dealkylation sites (tertiary alicyclic amines) is 1. The summed E-state index contributed by atoms with van der Waals surface area (Å²) < 4.78 is 3.38. The summed E-state index contributed by atoms with van der Waals surface area (Å²) >= 11 is 0. The molecule has 1 saturated heterocycles. The molecule has 1 aliphatic heterocycles. The van der Waals surface area contributed by atoms with E-state index in [1.165, 1.54) is 0 Å². The van der Waals surface area contributed by atoms with Crippen molar-refractivity contribution >= 4 is 5.91 Å². The van der Waals surface area contributed by atoms with E-state index in [0.29, 0.717) is 32.6 Å². The van der Waals surface area contributed by atoms with Gasteiger partial charge >= 0.3 is 5.69 Å². The number of nitrogens with zero attached hydrogens (tertiary/aromatic N) is 4. The Morgan fingerprint density at radius 3 is 1.95 bits per heavy atom. The maximum absolute atomic E-state index is 13.4. The smallest absolute Gasteiger partial charge is 0.343 e. The Morgan fingerprint density at radius 2 is 1.41 bits per heavy atom. The lowest BCUT2D eigenvalue weighted by Gasteiger charge is -2.32. The van der Waals surface area contributed by atoms with Crippen molar-refractivity contribution in [1.82, 2.24) is 19.2 Å². The second kappa shape index (κ2) is 11.4. The van der Waals surface area contributed by atoms with Crippen LogP contribution in [0.1, 0.15) is 60.5 Å². The van der Waals surface area contributed by atoms with Crippen molar-refractivity contribution in [2.24, 2.45) is 0 Å². The van der Waals surface area contributed by atoms with Crippen molar-refractivity contribution in [2.45, 2.75) is 51.1 Å². The Hall–Kier alpha value is -3.93. The van der Waals surface area contributed by atoms with Gasteiger partial charge in [0.05, 0.1) is 6.54 Å². The van der Waals surface area contributed by atoms with Crippen LogP contribution < -0.4 is 5.69 Å². The van der Waals surface area contributed by atoms with Crippen LogP contribution >= 0.6 is 0 Å². The third-order valence-corrected chi connectivity index (χ3v) is 7.44. The van der Waals surface area contributed by atoms with Gasteiger partial charge in [-0.1, -0.05) is 91.0 Å². The van der Waals surface area contributed by atoms with E-state index in [0.717, 1.165) is 35.4 Å². The SMILES string of the molecule is CCn1c(C2CCN(C(=O)CC(c3ccccc3)c3ccccc3)CC2)nn(Cc2ccccc2)c1=O. The van der Waals surface area contributed by atoms with E-state index in [1.54, 1.807) is 9.25 Å². The Bertz CT molecular complexity index is 1320. The number of aromatic nitrogens is 3. The summed E-state index contributed by atoms with van der Waals surface area (Å²) in [4.78, 5) is 28.5. The third kappa shape index (κ3) is 5.58. The minimum Gasteiger partial charge on any atom is -0.343 e. The Balaban J connectivity index is 1.27. The van der Waals surface area contributed by atoms with Gasteiger partial charge in [-0.2, -0.15) is 5.10 Å². The highest BCUT2D eigenvalue weighted by atomic mass is 16.2. The van der Waals surface area contributed by atoms with E-state index in [2.05, 4.69) is 24.3 Å². The number of rotatable bonds is 8. The van der Waals surface area contributed by atoms with Gasteiger partial charge in [-0.15, -0.1) is 0 Å². The predicted molar refractivity (Wildman–Crippen MR) is 146 cm³/mol. The molecule has 0 saturated carbocycles. The lowest BCUT2D eigenvalue weighted by atomic mass is 9.87. The number of piperidine rings is 1. The Kier molecular flexibility index (Phi) is 7.64. The second-order valence-electron chi connectivity index (χ2n) is 9.76. The molecule has 2 heterocycles. The third-order valence-electron chi connectivity index (χ3n) is 7.44. The minimum atomic E-state index is -0.0616. The first-order valence-electron chi connectivity index (χ1n) is 13.2. The summed E-state index contributed by atoms with van der Waals surface area (Å²) in [6.07, 6.45) is 2.08. The molecule has 0 atom stereocenters. The summed E-state index contributed by atoms with van der Waals surface area (Å²) in [5.41, 5.74) is 3.32. The van der Waals surface area contributed by atoms with Crippen LogP contribution in [0.3, 0.4) is 0 Å². The van der Waals surface area contributed by atoms with Gasteiger partial charge in [0, 0.05) is 37.9 Å². The van der Waals surface area contributed by atoms with Crippen LogP contribution in [-0.4, -0.2) is 38.2 Å². The number of carbonyl (C=O) groups is 1. The van der Waals surface area contributed by atoms with Crippen LogP contribution in [0.4, 0.5) is 0 Å². The van der Waals surface area contributed by atoms with Gasteiger partial charge in [0.25, 0.3) is 0 Å². The first kappa shape index (κ1) is 24.8. The first-order valence-corrected chi connectivity index (χ1v) is 13.2. The number of hydrogen-bond acceptors (Lipinski definition) is 3. The summed E-state index contributed by atoms with van der Waals surface area (Å²) in [5, 5.41) is 4.76. The highest BCUT2D eigenvalue weighted by Crippen LogP contribution is 2.31. The van der Waals surface area contributed by atoms with Gasteiger partial charge in [-0.3, -0.25) is 9.36 Å². The monoisotopic (exact) mass is 494 g/mol. The fraction of sp³-hybridized carbons (Fsp3) is 0.323. The maximum atomic E-state index is 13.4. The molecule has 6 nitrogen and oxygen atoms in total. The van der Waals surface area contributed by atoms with Crippen molar-refractivity contribution in [1.29, 1.82) is 0 Å². The van der Waals surface area contributed by atoms with E-state index in [4.69, 9.17) is 5.10 Å². The van der Waals surface area contributed by atoms with Crippen LogP contribution in [0.5, 0.6) is 0 Å². The topological polar surface area (TPSA) is 60.1 Å². The van der Waals surface area contributed by atoms with Crippen molar-refractivity contribution in [3.63, 3.8) is 0 Å². The molecule has 1 aromatic heterocycles. The van der Waals surface area contributed by atoms with Gasteiger partial charge in [-0.25, -0.2) is 9.48 Å². The fourth-order valence-electron chi connectivity index (χ4n) is 5.41. The van der Waals surface area contributed by atoms with Gasteiger partial charge in [0.2, 0.25) is 5.91 Å². The zero-order valence-electron chi connectivity index (χ0n) is 21.4. The largest absolute Gasteiger partial charge is 0.346 e. The zero-order valence-corrected chi connectivity index (χ0v) is 21.4. The standard InChI is InChI=1S/C31H34N4O2/c1-2-34-30(32-35(31(34)37)23-24-12-6-3-7-13-24)27-18-20-33(21-19-27)29(36)22-28(25-14-8-4-9-15-25)26-16-10-5-11-17-26/h3-17,27-28H,2,18-23H2,1H3. The highest BCUT2D eigenvalue weighted by Gasteiger charge is 2.30. The van der Waals surface area contributed by atoms with Crippen LogP contribution in [0.25, 0.3) is 0 Å². The van der Waals surface area contributed by atoms with Crippen LogP contribution in [0, 0.1) is 0 Å². The average Bonchev–Trinajstić information content (AvgIpc) is 3.27. The van der Waals surface area contributed by atoms with Gasteiger partial charge in [-0.05, 0) is 36.5 Å². The molecule has 37 heavy (non-hydrogen) atoms. The molecule has 0 bridgehead atoms. The molecular weight excluding hydrogens is 460 g/mol. The van der Waals surface area contributed by atoms with Crippen LogP contribution in [-0.2, 0) is 17.9 Å². The molecule has 0 unspecified atom stereocenters. The highest BCUT2D eigenvalue weighted by molar-refractivity contribution is 5.78. The van der Waals surface area contributed by atoms with Gasteiger partial charge < -0.3 is 4.90 Å². The summed E-state index contributed by atoms with van der Waals surface area (Å²) in [7, 11) is 0. The molecule has 1 fully saturated rings. The molecular formula is C31H34N4O2. The summed E-state index contributed by atoms with van der Waals surface area (Å²) in [5.74, 6) is 1.24. The number of carbonyl (C=O) groups excluding carboxylic acids is 1. The van der Waals surface area contributed by atoms with E-state index >= 15 is 0 Å². The van der Waals surface area contributed by atoms with Crippen molar-refractivity contribution < 1.29 is 4.79 Å². The minimum absolute atomic E-state index is 0.0339. The molecule has 0 spiro atoms. The number of hydrogen-bond donors (Lipinski definition) is 0. The zero-order chi connectivity index (χ0) is 25.6. The molecule has 0 N–H and O–H groups in total. The molecule has 190 valence electrons. The molecule has 3 aromatic carbocycles. The first-order chi connectivity index (χ1) is 18.1. The van der Waals surface area contributed by atoms with E-state index < -0.39 is 0 Å².